The molecule has 1 aliphatic rings. The molecular weight excluding hydrogens is 354 g/mol. The number of likely N-dealkylation sites (tertiary alicyclic amines) is 1. The molecule has 0 amide bonds. The number of nitrogens with zero attached hydrogens (tertiary/aromatic N) is 5. The maximum atomic E-state index is 5.38. The molecule has 3 aromatic heterocycles. The molecule has 0 N–H and O–H groups in total. The standard InChI is InChI=1S/C21H25N5O2/c1-27-20-8-2-7-18(23-20)15-26-12-4-5-16(14-26)9-10-19-24-21(28-25-19)17-6-3-11-22-13-17/h2-3,6-8,11,13,16H,4-5,9-10,12,14-15H2,1H3. The largest absolute Gasteiger partial charge is 0.481 e. The second kappa shape index (κ2) is 8.93. The van der Waals surface area contributed by atoms with E-state index >= 15 is 0 Å². The monoisotopic (exact) mass is 379 g/mol. The summed E-state index contributed by atoms with van der Waals surface area (Å²) in [6.45, 7) is 3.05. The number of aromatic nitrogens is 4. The van der Waals surface area contributed by atoms with Gasteiger partial charge in [0, 0.05) is 38.0 Å². The first-order valence-corrected chi connectivity index (χ1v) is 9.75. The van der Waals surface area contributed by atoms with E-state index in [1.807, 2.05) is 24.3 Å². The summed E-state index contributed by atoms with van der Waals surface area (Å²) in [5.41, 5.74) is 1.91. The third-order valence-corrected chi connectivity index (χ3v) is 5.13. The Balaban J connectivity index is 1.30. The third-order valence-electron chi connectivity index (χ3n) is 5.13. The summed E-state index contributed by atoms with van der Waals surface area (Å²) in [5.74, 6) is 2.62. The normalized spacial score (nSPS) is 17.5. The molecule has 3 aromatic rings. The number of piperidine rings is 1. The summed E-state index contributed by atoms with van der Waals surface area (Å²) in [4.78, 5) is 15.6. The minimum atomic E-state index is 0.539. The van der Waals surface area contributed by atoms with Crippen molar-refractivity contribution in [3.63, 3.8) is 0 Å². The summed E-state index contributed by atoms with van der Waals surface area (Å²) in [6.07, 6.45) is 7.82. The maximum Gasteiger partial charge on any atom is 0.259 e. The van der Waals surface area contributed by atoms with Crippen LogP contribution in [0.25, 0.3) is 11.5 Å². The van der Waals surface area contributed by atoms with Gasteiger partial charge in [-0.25, -0.2) is 4.98 Å². The van der Waals surface area contributed by atoms with Crippen molar-refractivity contribution in [2.45, 2.75) is 32.2 Å². The molecule has 0 aliphatic carbocycles. The number of pyridine rings is 2. The van der Waals surface area contributed by atoms with Gasteiger partial charge in [-0.2, -0.15) is 4.98 Å². The minimum Gasteiger partial charge on any atom is -0.481 e. The smallest absolute Gasteiger partial charge is 0.259 e. The van der Waals surface area contributed by atoms with Crippen LogP contribution in [0.3, 0.4) is 0 Å². The molecule has 0 aromatic carbocycles. The fraction of sp³-hybridized carbons (Fsp3) is 0.429. The van der Waals surface area contributed by atoms with Gasteiger partial charge < -0.3 is 9.26 Å². The van der Waals surface area contributed by atoms with Gasteiger partial charge in [0.25, 0.3) is 5.89 Å². The van der Waals surface area contributed by atoms with E-state index < -0.39 is 0 Å². The SMILES string of the molecule is COc1cccc(CN2CCCC(CCc3noc(-c4cccnc4)n3)C2)n1. The first-order valence-electron chi connectivity index (χ1n) is 9.75. The molecule has 1 fully saturated rings. The highest BCUT2D eigenvalue weighted by Crippen LogP contribution is 2.23. The summed E-state index contributed by atoms with van der Waals surface area (Å²) >= 11 is 0. The molecule has 0 radical (unpaired) electrons. The number of aryl methyl sites for hydroxylation is 1. The Hall–Kier alpha value is -2.80. The van der Waals surface area contributed by atoms with Gasteiger partial charge >= 0.3 is 0 Å². The Kier molecular flexibility index (Phi) is 5.92. The van der Waals surface area contributed by atoms with E-state index in [1.54, 1.807) is 19.5 Å². The summed E-state index contributed by atoms with van der Waals surface area (Å²) in [6, 6.07) is 9.74. The van der Waals surface area contributed by atoms with E-state index in [-0.39, 0.29) is 0 Å². The Morgan fingerprint density at radius 2 is 2.18 bits per heavy atom. The van der Waals surface area contributed by atoms with Crippen molar-refractivity contribution in [1.29, 1.82) is 0 Å². The van der Waals surface area contributed by atoms with Crippen molar-refractivity contribution in [1.82, 2.24) is 25.0 Å². The quantitative estimate of drug-likeness (QED) is 0.623. The van der Waals surface area contributed by atoms with E-state index in [0.717, 1.165) is 49.6 Å². The second-order valence-electron chi connectivity index (χ2n) is 7.21. The number of rotatable bonds is 7. The van der Waals surface area contributed by atoms with Crippen molar-refractivity contribution >= 4 is 0 Å². The second-order valence-corrected chi connectivity index (χ2v) is 7.21. The zero-order valence-corrected chi connectivity index (χ0v) is 16.1. The van der Waals surface area contributed by atoms with Crippen LogP contribution in [0.15, 0.2) is 47.2 Å². The van der Waals surface area contributed by atoms with E-state index in [0.29, 0.717) is 17.7 Å². The lowest BCUT2D eigenvalue weighted by Crippen LogP contribution is -2.35. The Bertz CT molecular complexity index is 883. The van der Waals surface area contributed by atoms with Crippen LogP contribution in [0.5, 0.6) is 5.88 Å². The van der Waals surface area contributed by atoms with Crippen LogP contribution in [0.1, 0.15) is 30.8 Å². The van der Waals surface area contributed by atoms with Crippen molar-refractivity contribution in [2.75, 3.05) is 20.2 Å². The molecule has 1 aliphatic heterocycles. The zero-order valence-electron chi connectivity index (χ0n) is 16.1. The molecule has 0 bridgehead atoms. The molecule has 1 unspecified atom stereocenters. The van der Waals surface area contributed by atoms with Crippen LogP contribution in [-0.2, 0) is 13.0 Å². The summed E-state index contributed by atoms with van der Waals surface area (Å²) in [5, 5.41) is 4.13. The fourth-order valence-corrected chi connectivity index (χ4v) is 3.71. The van der Waals surface area contributed by atoms with Crippen molar-refractivity contribution in [3.05, 3.63) is 54.2 Å². The fourth-order valence-electron chi connectivity index (χ4n) is 3.71. The van der Waals surface area contributed by atoms with Gasteiger partial charge in [-0.3, -0.25) is 9.88 Å². The van der Waals surface area contributed by atoms with Crippen LogP contribution in [0.4, 0.5) is 0 Å². The molecule has 7 nitrogen and oxygen atoms in total. The molecule has 146 valence electrons. The predicted octanol–water partition coefficient (Wildman–Crippen LogP) is 3.38. The molecule has 1 atom stereocenters. The van der Waals surface area contributed by atoms with Crippen LogP contribution in [0, 0.1) is 5.92 Å². The minimum absolute atomic E-state index is 0.539. The molecule has 7 heteroatoms. The molecule has 0 spiro atoms. The van der Waals surface area contributed by atoms with E-state index in [2.05, 4.69) is 31.1 Å². The molecule has 4 rings (SSSR count). The summed E-state index contributed by atoms with van der Waals surface area (Å²) in [7, 11) is 1.65. The van der Waals surface area contributed by atoms with Crippen LogP contribution in [-0.4, -0.2) is 45.2 Å². The predicted molar refractivity (Wildman–Crippen MR) is 105 cm³/mol. The number of methoxy groups -OCH3 is 1. The van der Waals surface area contributed by atoms with Crippen LogP contribution >= 0.6 is 0 Å². The zero-order chi connectivity index (χ0) is 19.2. The summed E-state index contributed by atoms with van der Waals surface area (Å²) < 4.78 is 10.6. The first-order chi connectivity index (χ1) is 13.8. The van der Waals surface area contributed by atoms with E-state index in [9.17, 15) is 0 Å². The third kappa shape index (κ3) is 4.72. The molecule has 4 heterocycles. The van der Waals surface area contributed by atoms with Crippen molar-refractivity contribution < 1.29 is 9.26 Å². The molecule has 28 heavy (non-hydrogen) atoms. The Morgan fingerprint density at radius 1 is 1.21 bits per heavy atom. The average Bonchev–Trinajstić information content (AvgIpc) is 3.22. The van der Waals surface area contributed by atoms with Gasteiger partial charge in [0.15, 0.2) is 5.82 Å². The number of ether oxygens (including phenoxy) is 1. The molecule has 0 saturated carbocycles. The Morgan fingerprint density at radius 3 is 3.04 bits per heavy atom. The highest BCUT2D eigenvalue weighted by Gasteiger charge is 2.21. The first kappa shape index (κ1) is 18.6. The molecule has 1 saturated heterocycles. The molecular formula is C21H25N5O2. The van der Waals surface area contributed by atoms with E-state index in [4.69, 9.17) is 9.26 Å². The topological polar surface area (TPSA) is 77.2 Å². The number of hydrogen-bond donors (Lipinski definition) is 0. The van der Waals surface area contributed by atoms with Gasteiger partial charge in [-0.15, -0.1) is 0 Å². The lowest BCUT2D eigenvalue weighted by Gasteiger charge is -2.32. The highest BCUT2D eigenvalue weighted by molar-refractivity contribution is 5.50. The van der Waals surface area contributed by atoms with Gasteiger partial charge in [0.05, 0.1) is 18.4 Å². The van der Waals surface area contributed by atoms with Gasteiger partial charge in [-0.05, 0) is 49.9 Å². The lowest BCUT2D eigenvalue weighted by molar-refractivity contribution is 0.159. The Labute approximate surface area is 164 Å². The van der Waals surface area contributed by atoms with E-state index in [1.165, 1.54) is 12.8 Å². The average molecular weight is 379 g/mol. The van der Waals surface area contributed by atoms with Crippen molar-refractivity contribution in [3.8, 4) is 17.3 Å². The van der Waals surface area contributed by atoms with Crippen molar-refractivity contribution in [2.24, 2.45) is 5.92 Å². The maximum absolute atomic E-state index is 5.38. The van der Waals surface area contributed by atoms with Crippen LogP contribution in [0.2, 0.25) is 0 Å². The highest BCUT2D eigenvalue weighted by atomic mass is 16.5. The lowest BCUT2D eigenvalue weighted by atomic mass is 9.93. The van der Waals surface area contributed by atoms with Gasteiger partial charge in [0.1, 0.15) is 0 Å². The van der Waals surface area contributed by atoms with Gasteiger partial charge in [0.2, 0.25) is 5.88 Å². The van der Waals surface area contributed by atoms with Gasteiger partial charge in [-0.1, -0.05) is 11.2 Å². The number of hydrogen-bond acceptors (Lipinski definition) is 7. The van der Waals surface area contributed by atoms with Crippen LogP contribution < -0.4 is 4.74 Å².